The van der Waals surface area contributed by atoms with Crippen LogP contribution in [-0.2, 0) is 0 Å². The predicted molar refractivity (Wildman–Crippen MR) is 76.2 cm³/mol. The van der Waals surface area contributed by atoms with Crippen molar-refractivity contribution in [3.63, 3.8) is 0 Å². The molecule has 1 fully saturated rings. The lowest BCUT2D eigenvalue weighted by Gasteiger charge is -2.30. The van der Waals surface area contributed by atoms with Crippen LogP contribution in [0.1, 0.15) is 51.1 Å². The van der Waals surface area contributed by atoms with Gasteiger partial charge in [-0.1, -0.05) is 57.0 Å². The first-order valence-electron chi connectivity index (χ1n) is 7.00. The summed E-state index contributed by atoms with van der Waals surface area (Å²) in [5.74, 6) is 0.863. The second-order valence-corrected chi connectivity index (χ2v) is 4.86. The maximum absolute atomic E-state index is 2.38. The van der Waals surface area contributed by atoms with Crippen molar-refractivity contribution in [1.82, 2.24) is 4.90 Å². The van der Waals surface area contributed by atoms with Crippen LogP contribution in [0.4, 0.5) is 0 Å². The smallest absolute Gasteiger partial charge is 0.0370 e. The monoisotopic (exact) mass is 233 g/mol. The minimum absolute atomic E-state index is 0.619. The third-order valence-corrected chi connectivity index (χ3v) is 3.54. The van der Waals surface area contributed by atoms with Gasteiger partial charge in [-0.05, 0) is 38.4 Å². The topological polar surface area (TPSA) is 3.24 Å². The van der Waals surface area contributed by atoms with E-state index in [0.29, 0.717) is 6.04 Å². The van der Waals surface area contributed by atoms with Crippen LogP contribution in [0.2, 0.25) is 0 Å². The summed E-state index contributed by atoms with van der Waals surface area (Å²) in [6, 6.07) is 11.6. The van der Waals surface area contributed by atoms with Crippen LogP contribution in [-0.4, -0.2) is 19.0 Å². The predicted octanol–water partition coefficient (Wildman–Crippen LogP) is 4.51. The number of hydrogen-bond donors (Lipinski definition) is 0. The van der Waals surface area contributed by atoms with Gasteiger partial charge in [-0.2, -0.15) is 0 Å². The zero-order valence-electron chi connectivity index (χ0n) is 11.8. The Labute approximate surface area is 107 Å². The molecule has 0 saturated heterocycles. The number of nitrogens with zero attached hydrogens (tertiary/aromatic N) is 1. The average molecular weight is 233 g/mol. The van der Waals surface area contributed by atoms with E-state index in [9.17, 15) is 0 Å². The quantitative estimate of drug-likeness (QED) is 0.742. The highest BCUT2D eigenvalue weighted by molar-refractivity contribution is 5.20. The lowest BCUT2D eigenvalue weighted by Crippen LogP contribution is -2.26. The van der Waals surface area contributed by atoms with Gasteiger partial charge >= 0.3 is 0 Å². The molecule has 1 aliphatic rings. The molecular weight excluding hydrogens is 206 g/mol. The van der Waals surface area contributed by atoms with E-state index in [1.165, 1.54) is 31.2 Å². The van der Waals surface area contributed by atoms with Gasteiger partial charge in [0.1, 0.15) is 0 Å². The molecule has 2 rings (SSSR count). The first-order chi connectivity index (χ1) is 8.29. The van der Waals surface area contributed by atoms with Crippen molar-refractivity contribution >= 4 is 0 Å². The number of hydrogen-bond acceptors (Lipinski definition) is 1. The van der Waals surface area contributed by atoms with Gasteiger partial charge in [0.2, 0.25) is 0 Å². The molecule has 1 nitrogen and oxygen atoms in total. The van der Waals surface area contributed by atoms with Gasteiger partial charge in [-0.25, -0.2) is 0 Å². The summed E-state index contributed by atoms with van der Waals surface area (Å²) in [7, 11) is 4.41. The van der Waals surface area contributed by atoms with Crippen LogP contribution in [0.3, 0.4) is 0 Å². The summed E-state index contributed by atoms with van der Waals surface area (Å²) in [5, 5.41) is 0. The molecule has 1 aromatic rings. The second kappa shape index (κ2) is 7.50. The Morgan fingerprint density at radius 1 is 1.00 bits per heavy atom. The third kappa shape index (κ3) is 3.85. The lowest BCUT2D eigenvalue weighted by atomic mass is 9.91. The van der Waals surface area contributed by atoms with Crippen molar-refractivity contribution < 1.29 is 0 Å². The van der Waals surface area contributed by atoms with Gasteiger partial charge in [-0.15, -0.1) is 0 Å². The van der Waals surface area contributed by atoms with Crippen molar-refractivity contribution in [2.75, 3.05) is 14.1 Å². The molecule has 0 amide bonds. The summed E-state index contributed by atoms with van der Waals surface area (Å²) < 4.78 is 0. The van der Waals surface area contributed by atoms with Crippen molar-refractivity contribution in [2.45, 2.75) is 45.6 Å². The van der Waals surface area contributed by atoms with E-state index in [1.807, 2.05) is 13.8 Å². The van der Waals surface area contributed by atoms with E-state index < -0.39 is 0 Å². The van der Waals surface area contributed by atoms with E-state index in [1.54, 1.807) is 0 Å². The molecule has 0 N–H and O–H groups in total. The van der Waals surface area contributed by atoms with E-state index >= 15 is 0 Å². The molecule has 1 unspecified atom stereocenters. The Kier molecular flexibility index (Phi) is 6.28. The van der Waals surface area contributed by atoms with E-state index in [2.05, 4.69) is 49.3 Å². The minimum atomic E-state index is 0.619. The summed E-state index contributed by atoms with van der Waals surface area (Å²) in [6.45, 7) is 4.00. The molecule has 0 aromatic heterocycles. The minimum Gasteiger partial charge on any atom is -0.302 e. The maximum atomic E-state index is 2.38. The van der Waals surface area contributed by atoms with E-state index in [0.717, 1.165) is 5.92 Å². The molecule has 0 spiro atoms. The summed E-state index contributed by atoms with van der Waals surface area (Å²) >= 11 is 0. The molecule has 1 saturated carbocycles. The Bertz CT molecular complexity index is 286. The summed E-state index contributed by atoms with van der Waals surface area (Å²) in [4.78, 5) is 2.38. The largest absolute Gasteiger partial charge is 0.302 e. The first-order valence-corrected chi connectivity index (χ1v) is 7.00. The normalized spacial score (nSPS) is 17.7. The molecule has 0 heterocycles. The van der Waals surface area contributed by atoms with Crippen molar-refractivity contribution in [3.05, 3.63) is 35.9 Å². The highest BCUT2D eigenvalue weighted by atomic mass is 15.1. The summed E-state index contributed by atoms with van der Waals surface area (Å²) in [6.07, 6.45) is 5.64. The Balaban J connectivity index is 0.000000686. The van der Waals surface area contributed by atoms with Gasteiger partial charge in [0, 0.05) is 6.04 Å². The number of benzene rings is 1. The molecule has 0 aliphatic heterocycles. The van der Waals surface area contributed by atoms with Crippen molar-refractivity contribution in [3.8, 4) is 0 Å². The van der Waals surface area contributed by atoms with E-state index in [-0.39, 0.29) is 0 Å². The second-order valence-electron chi connectivity index (χ2n) is 4.86. The van der Waals surface area contributed by atoms with Crippen LogP contribution in [0.15, 0.2) is 30.3 Å². The Morgan fingerprint density at radius 2 is 1.53 bits per heavy atom. The Hall–Kier alpha value is -0.820. The highest BCUT2D eigenvalue weighted by Crippen LogP contribution is 2.38. The molecular formula is C16H27N. The highest BCUT2D eigenvalue weighted by Gasteiger charge is 2.27. The fourth-order valence-electron chi connectivity index (χ4n) is 2.92. The molecule has 0 bridgehead atoms. The van der Waals surface area contributed by atoms with Gasteiger partial charge in [-0.3, -0.25) is 0 Å². The number of rotatable bonds is 3. The van der Waals surface area contributed by atoms with Crippen LogP contribution < -0.4 is 0 Å². The van der Waals surface area contributed by atoms with E-state index in [4.69, 9.17) is 0 Å². The summed E-state index contributed by atoms with van der Waals surface area (Å²) in [5.41, 5.74) is 1.48. The third-order valence-electron chi connectivity index (χ3n) is 3.54. The van der Waals surface area contributed by atoms with Crippen LogP contribution in [0.5, 0.6) is 0 Å². The lowest BCUT2D eigenvalue weighted by molar-refractivity contribution is 0.214. The average Bonchev–Trinajstić information content (AvgIpc) is 2.86. The van der Waals surface area contributed by atoms with Gasteiger partial charge in [0.05, 0.1) is 0 Å². The van der Waals surface area contributed by atoms with Crippen molar-refractivity contribution in [1.29, 1.82) is 0 Å². The van der Waals surface area contributed by atoms with Gasteiger partial charge in [0.25, 0.3) is 0 Å². The van der Waals surface area contributed by atoms with Crippen LogP contribution in [0, 0.1) is 5.92 Å². The molecule has 1 aliphatic carbocycles. The van der Waals surface area contributed by atoms with Gasteiger partial charge < -0.3 is 4.90 Å². The molecule has 17 heavy (non-hydrogen) atoms. The van der Waals surface area contributed by atoms with Crippen LogP contribution in [0.25, 0.3) is 0 Å². The molecule has 0 radical (unpaired) electrons. The SMILES string of the molecule is CC.CN(C)C(c1ccccc1)C1CCCC1. The Morgan fingerprint density at radius 3 is 2.00 bits per heavy atom. The first kappa shape index (κ1) is 14.2. The fourth-order valence-corrected chi connectivity index (χ4v) is 2.92. The molecule has 1 atom stereocenters. The molecule has 1 aromatic carbocycles. The molecule has 96 valence electrons. The van der Waals surface area contributed by atoms with Crippen molar-refractivity contribution in [2.24, 2.45) is 5.92 Å². The maximum Gasteiger partial charge on any atom is 0.0370 e. The molecule has 1 heteroatoms. The zero-order chi connectivity index (χ0) is 12.7. The standard InChI is InChI=1S/C14H21N.C2H6/c1-15(2)14(13-10-6-7-11-13)12-8-4-3-5-9-12;1-2/h3-5,8-9,13-14H,6-7,10-11H2,1-2H3;1-2H3. The zero-order valence-corrected chi connectivity index (χ0v) is 11.8. The van der Waals surface area contributed by atoms with Gasteiger partial charge in [0.15, 0.2) is 0 Å². The fraction of sp³-hybridized carbons (Fsp3) is 0.625. The van der Waals surface area contributed by atoms with Crippen LogP contribution >= 0.6 is 0 Å².